The first kappa shape index (κ1) is 16.5. The molecular formula is C13H17ClF3N5O. The molecule has 128 valence electrons. The number of alkyl halides is 3. The van der Waals surface area contributed by atoms with Gasteiger partial charge in [-0.2, -0.15) is 28.1 Å². The molecule has 0 aromatic carbocycles. The standard InChI is InChI=1S/C13H17ClF3N5O/c14-10-18-11(20-12(19-10)22-5-7-23-8-6-22)21-3-1-9(2-4-21)13(15,16)17/h9H,1-8H2. The van der Waals surface area contributed by atoms with E-state index in [9.17, 15) is 13.2 Å². The van der Waals surface area contributed by atoms with Crippen LogP contribution < -0.4 is 9.80 Å². The van der Waals surface area contributed by atoms with E-state index in [1.165, 1.54) is 0 Å². The molecule has 0 N–H and O–H groups in total. The topological polar surface area (TPSA) is 54.4 Å². The third kappa shape index (κ3) is 3.95. The van der Waals surface area contributed by atoms with Gasteiger partial charge in [0.05, 0.1) is 19.1 Å². The molecule has 0 atom stereocenters. The number of halogens is 4. The highest BCUT2D eigenvalue weighted by atomic mass is 35.5. The SMILES string of the molecule is FC(F)(F)C1CCN(c2nc(Cl)nc(N3CCOCC3)n2)CC1. The molecule has 2 saturated heterocycles. The maximum absolute atomic E-state index is 12.7. The largest absolute Gasteiger partial charge is 0.391 e. The van der Waals surface area contributed by atoms with E-state index >= 15 is 0 Å². The average molecular weight is 352 g/mol. The molecule has 0 bridgehead atoms. The highest BCUT2D eigenvalue weighted by Crippen LogP contribution is 2.35. The molecule has 6 nitrogen and oxygen atoms in total. The predicted molar refractivity (Wildman–Crippen MR) is 78.9 cm³/mol. The Labute approximate surface area is 136 Å². The first-order valence-corrected chi connectivity index (χ1v) is 7.87. The van der Waals surface area contributed by atoms with Crippen LogP contribution in [0.5, 0.6) is 0 Å². The Kier molecular flexibility index (Phi) is 4.77. The van der Waals surface area contributed by atoms with Crippen LogP contribution in [0.15, 0.2) is 0 Å². The maximum Gasteiger partial charge on any atom is 0.391 e. The molecule has 0 amide bonds. The van der Waals surface area contributed by atoms with Crippen molar-refractivity contribution in [3.63, 3.8) is 0 Å². The quantitative estimate of drug-likeness (QED) is 0.813. The normalized spacial score (nSPS) is 20.9. The highest BCUT2D eigenvalue weighted by Gasteiger charge is 2.41. The summed E-state index contributed by atoms with van der Waals surface area (Å²) in [4.78, 5) is 16.2. The van der Waals surface area contributed by atoms with Crippen molar-refractivity contribution in [2.24, 2.45) is 5.92 Å². The van der Waals surface area contributed by atoms with E-state index in [0.717, 1.165) is 0 Å². The lowest BCUT2D eigenvalue weighted by molar-refractivity contribution is -0.179. The van der Waals surface area contributed by atoms with Gasteiger partial charge >= 0.3 is 6.18 Å². The van der Waals surface area contributed by atoms with E-state index in [1.807, 2.05) is 4.90 Å². The third-order valence-corrected chi connectivity index (χ3v) is 4.29. The lowest BCUT2D eigenvalue weighted by atomic mass is 9.96. The summed E-state index contributed by atoms with van der Waals surface area (Å²) in [5.41, 5.74) is 0. The van der Waals surface area contributed by atoms with Crippen molar-refractivity contribution in [2.45, 2.75) is 19.0 Å². The van der Waals surface area contributed by atoms with Crippen molar-refractivity contribution < 1.29 is 17.9 Å². The summed E-state index contributed by atoms with van der Waals surface area (Å²) >= 11 is 5.96. The van der Waals surface area contributed by atoms with Crippen LogP contribution in [0.25, 0.3) is 0 Å². The summed E-state index contributed by atoms with van der Waals surface area (Å²) in [5, 5.41) is 0.0504. The summed E-state index contributed by atoms with van der Waals surface area (Å²) in [5.74, 6) is -0.469. The van der Waals surface area contributed by atoms with Crippen LogP contribution >= 0.6 is 11.6 Å². The molecule has 2 fully saturated rings. The molecule has 1 aromatic heterocycles. The Morgan fingerprint density at radius 1 is 0.913 bits per heavy atom. The number of hydrogen-bond acceptors (Lipinski definition) is 6. The van der Waals surface area contributed by atoms with Crippen molar-refractivity contribution in [2.75, 3.05) is 49.2 Å². The first-order chi connectivity index (χ1) is 10.9. The van der Waals surface area contributed by atoms with E-state index in [2.05, 4.69) is 15.0 Å². The summed E-state index contributed by atoms with van der Waals surface area (Å²) in [6.45, 7) is 2.97. The zero-order valence-electron chi connectivity index (χ0n) is 12.4. The van der Waals surface area contributed by atoms with Crippen molar-refractivity contribution in [1.82, 2.24) is 15.0 Å². The minimum atomic E-state index is -4.14. The fraction of sp³-hybridized carbons (Fsp3) is 0.769. The zero-order valence-corrected chi connectivity index (χ0v) is 13.1. The molecule has 2 aliphatic heterocycles. The number of nitrogens with zero attached hydrogens (tertiary/aromatic N) is 5. The van der Waals surface area contributed by atoms with Crippen LogP contribution in [0, 0.1) is 5.92 Å². The van der Waals surface area contributed by atoms with Crippen molar-refractivity contribution in [1.29, 1.82) is 0 Å². The lowest BCUT2D eigenvalue weighted by Crippen LogP contribution is -2.41. The van der Waals surface area contributed by atoms with Gasteiger partial charge in [-0.15, -0.1) is 0 Å². The Morgan fingerprint density at radius 2 is 1.43 bits per heavy atom. The summed E-state index contributed by atoms with van der Waals surface area (Å²) < 4.78 is 43.5. The van der Waals surface area contributed by atoms with Crippen molar-refractivity contribution in [3.05, 3.63) is 5.28 Å². The monoisotopic (exact) mass is 351 g/mol. The van der Waals surface area contributed by atoms with E-state index in [0.29, 0.717) is 38.2 Å². The van der Waals surface area contributed by atoms with Gasteiger partial charge in [0.15, 0.2) is 0 Å². The maximum atomic E-state index is 12.7. The molecule has 0 unspecified atom stereocenters. The van der Waals surface area contributed by atoms with E-state index in [-0.39, 0.29) is 31.2 Å². The molecule has 1 aromatic rings. The van der Waals surface area contributed by atoms with Gasteiger partial charge in [-0.1, -0.05) is 0 Å². The second-order valence-corrected chi connectivity index (χ2v) is 5.94. The van der Waals surface area contributed by atoms with Crippen LogP contribution in [0.3, 0.4) is 0 Å². The van der Waals surface area contributed by atoms with Gasteiger partial charge in [0.1, 0.15) is 0 Å². The minimum Gasteiger partial charge on any atom is -0.378 e. The molecule has 0 spiro atoms. The van der Waals surface area contributed by atoms with E-state index in [4.69, 9.17) is 16.3 Å². The fourth-order valence-corrected chi connectivity index (χ4v) is 2.93. The van der Waals surface area contributed by atoms with Crippen LogP contribution in [0.1, 0.15) is 12.8 Å². The third-order valence-electron chi connectivity index (χ3n) is 4.12. The molecule has 2 aliphatic rings. The van der Waals surface area contributed by atoms with Gasteiger partial charge in [0, 0.05) is 26.2 Å². The number of piperidine rings is 1. The molecule has 3 heterocycles. The molecule has 0 aliphatic carbocycles. The van der Waals surface area contributed by atoms with Gasteiger partial charge in [0.2, 0.25) is 17.2 Å². The minimum absolute atomic E-state index is 0.0414. The summed E-state index contributed by atoms with van der Waals surface area (Å²) in [7, 11) is 0. The smallest absolute Gasteiger partial charge is 0.378 e. The number of anilines is 2. The van der Waals surface area contributed by atoms with Gasteiger partial charge < -0.3 is 14.5 Å². The fourth-order valence-electron chi connectivity index (χ4n) is 2.78. The van der Waals surface area contributed by atoms with Gasteiger partial charge in [-0.05, 0) is 24.4 Å². The van der Waals surface area contributed by atoms with E-state index in [1.54, 1.807) is 4.90 Å². The Morgan fingerprint density at radius 3 is 1.96 bits per heavy atom. The average Bonchev–Trinajstić information content (AvgIpc) is 2.54. The number of ether oxygens (including phenoxy) is 1. The molecule has 10 heteroatoms. The first-order valence-electron chi connectivity index (χ1n) is 7.49. The highest BCUT2D eigenvalue weighted by molar-refractivity contribution is 6.28. The number of aromatic nitrogens is 3. The molecular weight excluding hydrogens is 335 g/mol. The predicted octanol–water partition coefficient (Wildman–Crippen LogP) is 2.14. The number of morpholine rings is 1. The second kappa shape index (κ2) is 6.64. The number of hydrogen-bond donors (Lipinski definition) is 0. The van der Waals surface area contributed by atoms with Crippen molar-refractivity contribution in [3.8, 4) is 0 Å². The van der Waals surface area contributed by atoms with Crippen LogP contribution in [-0.4, -0.2) is 60.5 Å². The summed E-state index contributed by atoms with van der Waals surface area (Å²) in [6, 6.07) is 0. The van der Waals surface area contributed by atoms with Crippen LogP contribution in [-0.2, 0) is 4.74 Å². The van der Waals surface area contributed by atoms with Crippen LogP contribution in [0.2, 0.25) is 5.28 Å². The van der Waals surface area contributed by atoms with Gasteiger partial charge in [-0.3, -0.25) is 0 Å². The Balaban J connectivity index is 1.72. The van der Waals surface area contributed by atoms with Gasteiger partial charge in [-0.25, -0.2) is 0 Å². The second-order valence-electron chi connectivity index (χ2n) is 5.61. The molecule has 23 heavy (non-hydrogen) atoms. The van der Waals surface area contributed by atoms with Gasteiger partial charge in [0.25, 0.3) is 0 Å². The number of rotatable bonds is 2. The molecule has 0 radical (unpaired) electrons. The lowest BCUT2D eigenvalue weighted by Gasteiger charge is -2.33. The zero-order chi connectivity index (χ0) is 16.4. The summed E-state index contributed by atoms with van der Waals surface area (Å²) in [6.07, 6.45) is -4.05. The Bertz CT molecular complexity index is 545. The van der Waals surface area contributed by atoms with Crippen molar-refractivity contribution >= 4 is 23.5 Å². The molecule has 0 saturated carbocycles. The van der Waals surface area contributed by atoms with E-state index < -0.39 is 12.1 Å². The Hall–Kier alpha value is -1.35. The molecule has 3 rings (SSSR count). The van der Waals surface area contributed by atoms with Crippen LogP contribution in [0.4, 0.5) is 25.1 Å².